The number of rotatable bonds is 2. The highest BCUT2D eigenvalue weighted by Gasteiger charge is 2.14. The van der Waals surface area contributed by atoms with Crippen LogP contribution >= 0.6 is 0 Å². The lowest BCUT2D eigenvalue weighted by Crippen LogP contribution is -2.03. The fraction of sp³-hybridized carbons (Fsp3) is 0. The monoisotopic (exact) mass is 214 g/mol. The Hall–Kier alpha value is -2.36. The van der Waals surface area contributed by atoms with Crippen LogP contribution in [0, 0.1) is 0 Å². The predicted molar refractivity (Wildman–Crippen MR) is 61.0 cm³/mol. The van der Waals surface area contributed by atoms with E-state index < -0.39 is 5.97 Å². The summed E-state index contributed by atoms with van der Waals surface area (Å²) in [4.78, 5) is 14.8. The third-order valence-electron chi connectivity index (χ3n) is 2.27. The van der Waals surface area contributed by atoms with Crippen molar-refractivity contribution in [3.8, 4) is 11.1 Å². The molecular weight excluding hydrogens is 204 g/mol. The molecule has 0 aliphatic rings. The molecule has 0 atom stereocenters. The molecule has 0 unspecified atom stereocenters. The summed E-state index contributed by atoms with van der Waals surface area (Å²) in [6.07, 6.45) is 2.76. The maximum atomic E-state index is 11.1. The number of nitrogens with zero attached hydrogens (tertiary/aromatic N) is 1. The van der Waals surface area contributed by atoms with Crippen LogP contribution in [-0.2, 0) is 0 Å². The molecule has 0 saturated carbocycles. The lowest BCUT2D eigenvalue weighted by Gasteiger charge is -2.08. The van der Waals surface area contributed by atoms with E-state index in [-0.39, 0.29) is 5.56 Å². The van der Waals surface area contributed by atoms with Gasteiger partial charge in [0.1, 0.15) is 0 Å². The zero-order chi connectivity index (χ0) is 11.5. The van der Waals surface area contributed by atoms with Crippen LogP contribution < -0.4 is 5.73 Å². The Balaban J connectivity index is 2.68. The maximum Gasteiger partial charge on any atom is 0.337 e. The van der Waals surface area contributed by atoms with Gasteiger partial charge in [0, 0.05) is 11.8 Å². The van der Waals surface area contributed by atoms with E-state index >= 15 is 0 Å². The Morgan fingerprint density at radius 1 is 1.19 bits per heavy atom. The molecule has 80 valence electrons. The number of benzene rings is 1. The van der Waals surface area contributed by atoms with Crippen molar-refractivity contribution >= 4 is 11.7 Å². The van der Waals surface area contributed by atoms with Crippen LogP contribution in [0.15, 0.2) is 42.7 Å². The molecule has 0 aliphatic carbocycles. The van der Waals surface area contributed by atoms with Crippen LogP contribution in [0.25, 0.3) is 11.1 Å². The Kier molecular flexibility index (Phi) is 2.55. The first-order chi connectivity index (χ1) is 7.70. The van der Waals surface area contributed by atoms with Gasteiger partial charge in [-0.1, -0.05) is 30.3 Å². The van der Waals surface area contributed by atoms with Gasteiger partial charge in [0.2, 0.25) is 0 Å². The van der Waals surface area contributed by atoms with Crippen molar-refractivity contribution in [2.45, 2.75) is 0 Å². The second kappa shape index (κ2) is 4.02. The van der Waals surface area contributed by atoms with E-state index in [9.17, 15) is 4.79 Å². The van der Waals surface area contributed by atoms with Crippen LogP contribution in [0.1, 0.15) is 10.4 Å². The molecule has 0 bridgehead atoms. The largest absolute Gasteiger partial charge is 0.478 e. The maximum absolute atomic E-state index is 11.1. The Morgan fingerprint density at radius 2 is 1.88 bits per heavy atom. The minimum absolute atomic E-state index is 0.117. The van der Waals surface area contributed by atoms with Gasteiger partial charge in [-0.3, -0.25) is 4.98 Å². The van der Waals surface area contributed by atoms with Crippen LogP contribution in [0.2, 0.25) is 0 Å². The van der Waals surface area contributed by atoms with Crippen LogP contribution in [0.3, 0.4) is 0 Å². The number of carboxylic acid groups (broad SMARTS) is 1. The smallest absolute Gasteiger partial charge is 0.337 e. The number of nitrogen functional groups attached to an aromatic ring is 1. The number of nitrogens with two attached hydrogens (primary N) is 1. The number of aromatic carboxylic acids is 1. The van der Waals surface area contributed by atoms with E-state index in [1.807, 2.05) is 30.3 Å². The molecule has 0 fully saturated rings. The number of hydrogen-bond donors (Lipinski definition) is 2. The van der Waals surface area contributed by atoms with E-state index in [1.54, 1.807) is 0 Å². The average molecular weight is 214 g/mol. The van der Waals surface area contributed by atoms with Gasteiger partial charge < -0.3 is 10.8 Å². The van der Waals surface area contributed by atoms with E-state index in [1.165, 1.54) is 12.4 Å². The predicted octanol–water partition coefficient (Wildman–Crippen LogP) is 2.03. The zero-order valence-corrected chi connectivity index (χ0v) is 8.42. The van der Waals surface area contributed by atoms with E-state index in [0.29, 0.717) is 11.3 Å². The van der Waals surface area contributed by atoms with Crippen molar-refractivity contribution in [1.82, 2.24) is 4.98 Å². The van der Waals surface area contributed by atoms with Crippen molar-refractivity contribution in [1.29, 1.82) is 0 Å². The van der Waals surface area contributed by atoms with E-state index in [2.05, 4.69) is 4.98 Å². The SMILES string of the molecule is Nc1cncc(C(=O)O)c1-c1ccccc1. The van der Waals surface area contributed by atoms with Gasteiger partial charge in [-0.2, -0.15) is 0 Å². The minimum atomic E-state index is -1.03. The van der Waals surface area contributed by atoms with Crippen molar-refractivity contribution in [2.75, 3.05) is 5.73 Å². The highest BCUT2D eigenvalue weighted by atomic mass is 16.4. The summed E-state index contributed by atoms with van der Waals surface area (Å²) in [7, 11) is 0. The molecule has 4 nitrogen and oxygen atoms in total. The molecule has 0 amide bonds. The molecule has 16 heavy (non-hydrogen) atoms. The Morgan fingerprint density at radius 3 is 2.50 bits per heavy atom. The van der Waals surface area contributed by atoms with Gasteiger partial charge in [-0.15, -0.1) is 0 Å². The number of carbonyl (C=O) groups is 1. The summed E-state index contributed by atoms with van der Waals surface area (Å²) < 4.78 is 0. The molecule has 4 heteroatoms. The summed E-state index contributed by atoms with van der Waals surface area (Å²) in [6, 6.07) is 9.17. The number of carboxylic acids is 1. The summed E-state index contributed by atoms with van der Waals surface area (Å²) >= 11 is 0. The summed E-state index contributed by atoms with van der Waals surface area (Å²) in [5.41, 5.74) is 7.54. The summed E-state index contributed by atoms with van der Waals surface area (Å²) in [5.74, 6) is -1.03. The lowest BCUT2D eigenvalue weighted by atomic mass is 10.0. The van der Waals surface area contributed by atoms with Gasteiger partial charge >= 0.3 is 5.97 Å². The minimum Gasteiger partial charge on any atom is -0.478 e. The zero-order valence-electron chi connectivity index (χ0n) is 8.42. The van der Waals surface area contributed by atoms with Crippen LogP contribution in [0.4, 0.5) is 5.69 Å². The van der Waals surface area contributed by atoms with Gasteiger partial charge in [0.05, 0.1) is 17.4 Å². The molecule has 0 aliphatic heterocycles. The number of pyridine rings is 1. The second-order valence-electron chi connectivity index (χ2n) is 3.32. The molecule has 0 radical (unpaired) electrons. The summed E-state index contributed by atoms with van der Waals surface area (Å²) in [5, 5.41) is 9.06. The van der Waals surface area contributed by atoms with Gasteiger partial charge in [-0.05, 0) is 5.56 Å². The van der Waals surface area contributed by atoms with Crippen LogP contribution in [0.5, 0.6) is 0 Å². The summed E-state index contributed by atoms with van der Waals surface area (Å²) in [6.45, 7) is 0. The van der Waals surface area contributed by atoms with Crippen LogP contribution in [-0.4, -0.2) is 16.1 Å². The second-order valence-corrected chi connectivity index (χ2v) is 3.32. The molecule has 0 saturated heterocycles. The van der Waals surface area contributed by atoms with E-state index in [4.69, 9.17) is 10.8 Å². The number of anilines is 1. The fourth-order valence-corrected chi connectivity index (χ4v) is 1.57. The quantitative estimate of drug-likeness (QED) is 0.801. The Bertz CT molecular complexity index is 524. The molecule has 3 N–H and O–H groups in total. The van der Waals surface area contributed by atoms with Gasteiger partial charge in [-0.25, -0.2) is 4.79 Å². The van der Waals surface area contributed by atoms with Gasteiger partial charge in [0.25, 0.3) is 0 Å². The standard InChI is InChI=1S/C12H10N2O2/c13-10-7-14-6-9(12(15)16)11(10)8-4-2-1-3-5-8/h1-7H,13H2,(H,15,16). The van der Waals surface area contributed by atoms with Gasteiger partial charge in [0.15, 0.2) is 0 Å². The first kappa shape index (κ1) is 10.2. The van der Waals surface area contributed by atoms with Crippen molar-refractivity contribution in [3.63, 3.8) is 0 Å². The topological polar surface area (TPSA) is 76.2 Å². The molecule has 1 heterocycles. The van der Waals surface area contributed by atoms with Crippen molar-refractivity contribution < 1.29 is 9.90 Å². The highest BCUT2D eigenvalue weighted by Crippen LogP contribution is 2.28. The lowest BCUT2D eigenvalue weighted by molar-refractivity contribution is 0.0697. The normalized spacial score (nSPS) is 10.0. The molecule has 0 spiro atoms. The molecule has 2 rings (SSSR count). The fourth-order valence-electron chi connectivity index (χ4n) is 1.57. The number of hydrogen-bond acceptors (Lipinski definition) is 3. The third kappa shape index (κ3) is 1.72. The first-order valence-electron chi connectivity index (χ1n) is 4.72. The Labute approximate surface area is 92.4 Å². The molecular formula is C12H10N2O2. The first-order valence-corrected chi connectivity index (χ1v) is 4.72. The van der Waals surface area contributed by atoms with Crippen molar-refractivity contribution in [2.24, 2.45) is 0 Å². The molecule has 2 aromatic rings. The molecule has 1 aromatic heterocycles. The van der Waals surface area contributed by atoms with E-state index in [0.717, 1.165) is 5.56 Å². The van der Waals surface area contributed by atoms with Crippen molar-refractivity contribution in [3.05, 3.63) is 48.3 Å². The number of aromatic nitrogens is 1. The molecule has 1 aromatic carbocycles. The average Bonchev–Trinajstić information content (AvgIpc) is 2.29. The highest BCUT2D eigenvalue weighted by molar-refractivity contribution is 5.99. The third-order valence-corrected chi connectivity index (χ3v) is 2.27.